The van der Waals surface area contributed by atoms with E-state index in [2.05, 4.69) is 0 Å². The van der Waals surface area contributed by atoms with Gasteiger partial charge in [0.05, 0.1) is 17.5 Å². The second kappa shape index (κ2) is 7.02. The molecular formula is C20H22F2N2O3. The normalized spacial score (nSPS) is 24.8. The molecule has 1 aromatic rings. The number of halogens is 2. The molecule has 2 aliphatic heterocycles. The number of anilines is 1. The Bertz CT molecular complexity index is 787. The molecule has 2 atom stereocenters. The number of amides is 3. The van der Waals surface area contributed by atoms with Crippen LogP contribution in [0.3, 0.4) is 0 Å². The van der Waals surface area contributed by atoms with Crippen LogP contribution in [0.25, 0.3) is 0 Å². The zero-order valence-electron chi connectivity index (χ0n) is 15.0. The van der Waals surface area contributed by atoms with Crippen molar-refractivity contribution in [3.8, 4) is 0 Å². The Morgan fingerprint density at radius 1 is 1.04 bits per heavy atom. The number of hydrogen-bond acceptors (Lipinski definition) is 3. The number of rotatable bonds is 3. The van der Waals surface area contributed by atoms with Gasteiger partial charge < -0.3 is 4.90 Å². The number of carbonyl (C=O) groups is 3. The maximum absolute atomic E-state index is 14.3. The summed E-state index contributed by atoms with van der Waals surface area (Å²) >= 11 is 0. The summed E-state index contributed by atoms with van der Waals surface area (Å²) < 4.78 is 27.7. The first kappa shape index (κ1) is 18.1. The Morgan fingerprint density at radius 2 is 1.70 bits per heavy atom. The third kappa shape index (κ3) is 3.13. The molecule has 27 heavy (non-hydrogen) atoms. The molecule has 1 saturated heterocycles. The van der Waals surface area contributed by atoms with E-state index in [0.29, 0.717) is 24.9 Å². The highest BCUT2D eigenvalue weighted by atomic mass is 19.1. The maximum Gasteiger partial charge on any atom is 0.233 e. The summed E-state index contributed by atoms with van der Waals surface area (Å²) in [6, 6.07) is 2.04. The van der Waals surface area contributed by atoms with E-state index >= 15 is 0 Å². The molecule has 1 aliphatic carbocycles. The van der Waals surface area contributed by atoms with E-state index in [1.54, 1.807) is 0 Å². The topological polar surface area (TPSA) is 57.7 Å². The van der Waals surface area contributed by atoms with Crippen molar-refractivity contribution in [2.45, 2.75) is 44.9 Å². The van der Waals surface area contributed by atoms with Crippen molar-refractivity contribution in [2.75, 3.05) is 18.0 Å². The highest BCUT2D eigenvalue weighted by Gasteiger charge is 2.48. The van der Waals surface area contributed by atoms with Crippen LogP contribution in [0, 0.1) is 23.5 Å². The van der Waals surface area contributed by atoms with Crippen LogP contribution >= 0.6 is 0 Å². The summed E-state index contributed by atoms with van der Waals surface area (Å²) in [6.45, 7) is 0.375. The number of benzene rings is 1. The van der Waals surface area contributed by atoms with Crippen LogP contribution in [0.4, 0.5) is 14.5 Å². The Balaban J connectivity index is 1.47. The number of aryl methyl sites for hydroxylation is 1. The lowest BCUT2D eigenvalue weighted by molar-refractivity contribution is -0.140. The summed E-state index contributed by atoms with van der Waals surface area (Å²) in [5, 5.41) is 0. The van der Waals surface area contributed by atoms with Gasteiger partial charge in [0.15, 0.2) is 0 Å². The zero-order chi connectivity index (χ0) is 19.1. The first-order valence-corrected chi connectivity index (χ1v) is 9.61. The standard InChI is InChI=1S/C20H22F2N2O3/c21-13-10-12-4-3-8-23(18(12)16(22)11-13)17(25)7-9-24-19(26)14-5-1-2-6-15(14)20(24)27/h10-11,14-15H,1-9H2. The molecule has 144 valence electrons. The molecule has 0 radical (unpaired) electrons. The van der Waals surface area contributed by atoms with Gasteiger partial charge in [0, 0.05) is 25.6 Å². The van der Waals surface area contributed by atoms with Crippen LogP contribution < -0.4 is 4.90 Å². The third-order valence-corrected chi connectivity index (χ3v) is 5.99. The highest BCUT2D eigenvalue weighted by molar-refractivity contribution is 6.05. The van der Waals surface area contributed by atoms with Gasteiger partial charge in [0.25, 0.3) is 0 Å². The molecule has 0 bridgehead atoms. The summed E-state index contributed by atoms with van der Waals surface area (Å²) in [6.07, 6.45) is 4.45. The van der Waals surface area contributed by atoms with E-state index in [9.17, 15) is 23.2 Å². The first-order chi connectivity index (χ1) is 13.0. The minimum Gasteiger partial charge on any atom is -0.309 e. The lowest BCUT2D eigenvalue weighted by Gasteiger charge is -2.30. The van der Waals surface area contributed by atoms with Gasteiger partial charge in [-0.05, 0) is 37.3 Å². The van der Waals surface area contributed by atoms with Crippen molar-refractivity contribution in [2.24, 2.45) is 11.8 Å². The van der Waals surface area contributed by atoms with Crippen LogP contribution in [0.2, 0.25) is 0 Å². The molecule has 7 heteroatoms. The van der Waals surface area contributed by atoms with Crippen LogP contribution in [-0.4, -0.2) is 35.7 Å². The second-order valence-electron chi connectivity index (χ2n) is 7.62. The average Bonchev–Trinajstić information content (AvgIpc) is 2.90. The zero-order valence-corrected chi connectivity index (χ0v) is 15.0. The molecule has 0 spiro atoms. The summed E-state index contributed by atoms with van der Waals surface area (Å²) in [7, 11) is 0. The third-order valence-electron chi connectivity index (χ3n) is 5.99. The summed E-state index contributed by atoms with van der Waals surface area (Å²) in [5.41, 5.74) is 0.604. The molecule has 4 rings (SSSR count). The molecule has 3 aliphatic rings. The number of nitrogens with zero attached hydrogens (tertiary/aromatic N) is 2. The van der Waals surface area contributed by atoms with Crippen molar-refractivity contribution in [3.63, 3.8) is 0 Å². The van der Waals surface area contributed by atoms with E-state index in [1.807, 2.05) is 0 Å². The molecular weight excluding hydrogens is 354 g/mol. The van der Waals surface area contributed by atoms with E-state index in [-0.39, 0.29) is 48.2 Å². The first-order valence-electron chi connectivity index (χ1n) is 9.61. The van der Waals surface area contributed by atoms with Crippen LogP contribution in [0.1, 0.15) is 44.1 Å². The number of imide groups is 1. The van der Waals surface area contributed by atoms with E-state index < -0.39 is 11.6 Å². The van der Waals surface area contributed by atoms with Crippen molar-refractivity contribution in [3.05, 3.63) is 29.3 Å². The molecule has 3 amide bonds. The SMILES string of the molecule is O=C1C2CCCCC2C(=O)N1CCC(=O)N1CCCc2cc(F)cc(F)c21. The van der Waals surface area contributed by atoms with Gasteiger partial charge in [-0.3, -0.25) is 19.3 Å². The Hall–Kier alpha value is -2.31. The summed E-state index contributed by atoms with van der Waals surface area (Å²) in [4.78, 5) is 40.3. The number of fused-ring (bicyclic) bond motifs is 2. The predicted octanol–water partition coefficient (Wildman–Crippen LogP) is 2.81. The second-order valence-corrected chi connectivity index (χ2v) is 7.62. The fourth-order valence-corrected chi connectivity index (χ4v) is 4.69. The maximum atomic E-state index is 14.3. The van der Waals surface area contributed by atoms with Gasteiger partial charge in [0.1, 0.15) is 11.6 Å². The lowest BCUT2D eigenvalue weighted by atomic mass is 9.81. The highest BCUT2D eigenvalue weighted by Crippen LogP contribution is 2.38. The predicted molar refractivity (Wildman–Crippen MR) is 93.8 cm³/mol. The van der Waals surface area contributed by atoms with Crippen molar-refractivity contribution < 1.29 is 23.2 Å². The minimum atomic E-state index is -0.752. The van der Waals surface area contributed by atoms with Gasteiger partial charge in [-0.15, -0.1) is 0 Å². The van der Waals surface area contributed by atoms with E-state index in [1.165, 1.54) is 15.9 Å². The van der Waals surface area contributed by atoms with Gasteiger partial charge in [0.2, 0.25) is 17.7 Å². The number of carbonyl (C=O) groups excluding carboxylic acids is 3. The molecule has 2 fully saturated rings. The molecule has 0 aromatic heterocycles. The lowest BCUT2D eigenvalue weighted by Crippen LogP contribution is -2.40. The van der Waals surface area contributed by atoms with Gasteiger partial charge in [-0.25, -0.2) is 8.78 Å². The quantitative estimate of drug-likeness (QED) is 0.763. The Kier molecular flexibility index (Phi) is 4.70. The molecule has 1 saturated carbocycles. The largest absolute Gasteiger partial charge is 0.309 e. The van der Waals surface area contributed by atoms with Crippen LogP contribution in [-0.2, 0) is 20.8 Å². The van der Waals surface area contributed by atoms with Crippen LogP contribution in [0.15, 0.2) is 12.1 Å². The molecule has 2 unspecified atom stereocenters. The van der Waals surface area contributed by atoms with Crippen molar-refractivity contribution in [1.29, 1.82) is 0 Å². The number of likely N-dealkylation sites (tertiary alicyclic amines) is 1. The molecule has 2 heterocycles. The number of hydrogen-bond donors (Lipinski definition) is 0. The van der Waals surface area contributed by atoms with Gasteiger partial charge >= 0.3 is 0 Å². The fraction of sp³-hybridized carbons (Fsp3) is 0.550. The fourth-order valence-electron chi connectivity index (χ4n) is 4.69. The van der Waals surface area contributed by atoms with E-state index in [0.717, 1.165) is 31.7 Å². The monoisotopic (exact) mass is 376 g/mol. The van der Waals surface area contributed by atoms with Gasteiger partial charge in [-0.2, -0.15) is 0 Å². The van der Waals surface area contributed by atoms with Crippen molar-refractivity contribution in [1.82, 2.24) is 4.90 Å². The minimum absolute atomic E-state index is 0.0259. The van der Waals surface area contributed by atoms with Crippen LogP contribution in [0.5, 0.6) is 0 Å². The molecule has 5 nitrogen and oxygen atoms in total. The smallest absolute Gasteiger partial charge is 0.233 e. The summed E-state index contributed by atoms with van der Waals surface area (Å²) in [5.74, 6) is -2.59. The molecule has 1 aromatic carbocycles. The Morgan fingerprint density at radius 3 is 2.37 bits per heavy atom. The Labute approximate surface area is 156 Å². The van der Waals surface area contributed by atoms with Crippen molar-refractivity contribution >= 4 is 23.4 Å². The average molecular weight is 376 g/mol. The van der Waals surface area contributed by atoms with E-state index in [4.69, 9.17) is 0 Å². The van der Waals surface area contributed by atoms with Gasteiger partial charge in [-0.1, -0.05) is 12.8 Å². The molecule has 0 N–H and O–H groups in total.